The van der Waals surface area contributed by atoms with E-state index in [0.717, 1.165) is 21.0 Å². The number of benzene rings is 4. The summed E-state index contributed by atoms with van der Waals surface area (Å²) in [5.41, 5.74) is 4.38. The number of nitrogens with zero attached hydrogens (tertiary/aromatic N) is 2. The molecule has 0 bridgehead atoms. The Hall–Kier alpha value is -4.69. The van der Waals surface area contributed by atoms with Gasteiger partial charge in [-0.1, -0.05) is 23.5 Å². The molecule has 0 spiro atoms. The Balaban J connectivity index is 1.30. The third-order valence-corrected chi connectivity index (χ3v) is 7.48. The lowest BCUT2D eigenvalue weighted by atomic mass is 10.0. The highest BCUT2D eigenvalue weighted by Crippen LogP contribution is 2.37. The van der Waals surface area contributed by atoms with E-state index < -0.39 is 0 Å². The summed E-state index contributed by atoms with van der Waals surface area (Å²) in [5.74, 6) is 1.30. The monoisotopic (exact) mass is 521 g/mol. The zero-order chi connectivity index (χ0) is 26.4. The third kappa shape index (κ3) is 4.25. The molecule has 8 heteroatoms. The number of carbonyl (C=O) groups excluding carboxylic acids is 1. The van der Waals surface area contributed by atoms with Crippen LogP contribution in [0, 0.1) is 13.8 Å². The van der Waals surface area contributed by atoms with Crippen LogP contribution in [0.2, 0.25) is 0 Å². The summed E-state index contributed by atoms with van der Waals surface area (Å²) < 4.78 is 12.5. The number of carbonyl (C=O) groups is 1. The molecule has 4 aromatic carbocycles. The molecule has 38 heavy (non-hydrogen) atoms. The number of methoxy groups -OCH3 is 1. The standard InChI is InChI=1S/C30H23N3O4S/c1-16-11-24-28(12-17(16)2)38-30(32-24)33-29(35)21-6-4-5-18-13-19(7-8-20(18)21)37-26-9-10-31-23-15-25(34)27(36-3)14-22(23)26/h4-15,34H,1-3H3,(H,32,33,35). The van der Waals surface area contributed by atoms with Crippen molar-refractivity contribution in [1.29, 1.82) is 0 Å². The largest absolute Gasteiger partial charge is 0.504 e. The molecule has 7 nitrogen and oxygen atoms in total. The van der Waals surface area contributed by atoms with Crippen LogP contribution < -0.4 is 14.8 Å². The lowest BCUT2D eigenvalue weighted by Gasteiger charge is -2.12. The Morgan fingerprint density at radius 2 is 1.76 bits per heavy atom. The van der Waals surface area contributed by atoms with E-state index in [4.69, 9.17) is 9.47 Å². The Morgan fingerprint density at radius 3 is 2.61 bits per heavy atom. The maximum absolute atomic E-state index is 13.2. The minimum atomic E-state index is -0.219. The molecule has 0 saturated heterocycles. The van der Waals surface area contributed by atoms with Crippen LogP contribution >= 0.6 is 11.3 Å². The van der Waals surface area contributed by atoms with E-state index in [9.17, 15) is 9.90 Å². The highest BCUT2D eigenvalue weighted by atomic mass is 32.1. The first-order valence-electron chi connectivity index (χ1n) is 11.9. The van der Waals surface area contributed by atoms with E-state index in [1.54, 1.807) is 30.5 Å². The smallest absolute Gasteiger partial charge is 0.258 e. The van der Waals surface area contributed by atoms with Crippen molar-refractivity contribution in [2.75, 3.05) is 12.4 Å². The van der Waals surface area contributed by atoms with E-state index in [1.165, 1.54) is 29.6 Å². The number of pyridine rings is 1. The summed E-state index contributed by atoms with van der Waals surface area (Å²) >= 11 is 1.46. The number of phenols is 1. The minimum Gasteiger partial charge on any atom is -0.504 e. The molecule has 0 aliphatic rings. The van der Waals surface area contributed by atoms with Crippen LogP contribution in [0.25, 0.3) is 31.9 Å². The van der Waals surface area contributed by atoms with Gasteiger partial charge in [0.25, 0.3) is 5.91 Å². The van der Waals surface area contributed by atoms with E-state index in [-0.39, 0.29) is 11.7 Å². The molecule has 0 fully saturated rings. The van der Waals surface area contributed by atoms with Crippen molar-refractivity contribution in [2.24, 2.45) is 0 Å². The Bertz CT molecular complexity index is 1840. The van der Waals surface area contributed by atoms with Crippen molar-refractivity contribution in [3.05, 3.63) is 89.6 Å². The number of nitrogens with one attached hydrogen (secondary N) is 1. The van der Waals surface area contributed by atoms with Crippen LogP contribution in [0.1, 0.15) is 21.5 Å². The second-order valence-electron chi connectivity index (χ2n) is 9.02. The lowest BCUT2D eigenvalue weighted by Crippen LogP contribution is -2.12. The van der Waals surface area contributed by atoms with E-state index in [1.807, 2.05) is 36.4 Å². The number of amides is 1. The zero-order valence-electron chi connectivity index (χ0n) is 20.9. The van der Waals surface area contributed by atoms with Gasteiger partial charge in [-0.2, -0.15) is 0 Å². The molecule has 0 saturated carbocycles. The van der Waals surface area contributed by atoms with Gasteiger partial charge < -0.3 is 14.6 Å². The highest BCUT2D eigenvalue weighted by Gasteiger charge is 2.15. The molecule has 188 valence electrons. The summed E-state index contributed by atoms with van der Waals surface area (Å²) in [4.78, 5) is 22.1. The summed E-state index contributed by atoms with van der Waals surface area (Å²) in [6, 6.07) is 20.3. The number of aromatic nitrogens is 2. The summed E-state index contributed by atoms with van der Waals surface area (Å²) in [5, 5.41) is 16.0. The van der Waals surface area contributed by atoms with E-state index >= 15 is 0 Å². The first-order chi connectivity index (χ1) is 18.4. The van der Waals surface area contributed by atoms with Gasteiger partial charge >= 0.3 is 0 Å². The topological polar surface area (TPSA) is 93.6 Å². The Morgan fingerprint density at radius 1 is 0.921 bits per heavy atom. The normalized spacial score (nSPS) is 11.2. The van der Waals surface area contributed by atoms with Crippen LogP contribution in [-0.4, -0.2) is 28.1 Å². The van der Waals surface area contributed by atoms with Crippen molar-refractivity contribution in [3.63, 3.8) is 0 Å². The number of anilines is 1. The van der Waals surface area contributed by atoms with Crippen molar-refractivity contribution in [2.45, 2.75) is 13.8 Å². The average Bonchev–Trinajstić information content (AvgIpc) is 3.28. The number of hydrogen-bond acceptors (Lipinski definition) is 7. The summed E-state index contributed by atoms with van der Waals surface area (Å²) in [7, 11) is 1.49. The van der Waals surface area contributed by atoms with Gasteiger partial charge in [0, 0.05) is 23.2 Å². The first-order valence-corrected chi connectivity index (χ1v) is 12.8. The molecule has 0 aliphatic heterocycles. The number of aromatic hydroxyl groups is 1. The molecule has 0 aliphatic carbocycles. The number of aryl methyl sites for hydroxylation is 2. The minimum absolute atomic E-state index is 0.0113. The molecule has 6 aromatic rings. The quantitative estimate of drug-likeness (QED) is 0.246. The fraction of sp³-hybridized carbons (Fsp3) is 0.100. The predicted molar refractivity (Wildman–Crippen MR) is 151 cm³/mol. The van der Waals surface area contributed by atoms with Gasteiger partial charge in [-0.25, -0.2) is 4.98 Å². The Labute approximate surface area is 222 Å². The SMILES string of the molecule is COc1cc2c(Oc3ccc4c(C(=O)Nc5nc6cc(C)c(C)cc6s5)cccc4c3)ccnc2cc1O. The summed E-state index contributed by atoms with van der Waals surface area (Å²) in [6.07, 6.45) is 1.62. The molecule has 6 rings (SSSR count). The molecule has 0 unspecified atom stereocenters. The zero-order valence-corrected chi connectivity index (χ0v) is 21.7. The lowest BCUT2D eigenvalue weighted by molar-refractivity contribution is 0.102. The van der Waals surface area contributed by atoms with Crippen LogP contribution in [0.4, 0.5) is 5.13 Å². The molecule has 2 N–H and O–H groups in total. The van der Waals surface area contributed by atoms with Gasteiger partial charge in [0.15, 0.2) is 16.6 Å². The van der Waals surface area contributed by atoms with Gasteiger partial charge in [0.2, 0.25) is 0 Å². The van der Waals surface area contributed by atoms with E-state index in [2.05, 4.69) is 35.2 Å². The molecule has 0 atom stereocenters. The first kappa shape index (κ1) is 23.7. The maximum atomic E-state index is 13.2. The number of phenolic OH excluding ortho intramolecular Hbond substituents is 1. The number of thiazole rings is 1. The molecule has 1 amide bonds. The van der Waals surface area contributed by atoms with Crippen LogP contribution in [0.15, 0.2) is 72.9 Å². The maximum Gasteiger partial charge on any atom is 0.258 e. The second-order valence-corrected chi connectivity index (χ2v) is 10.0. The Kier molecular flexibility index (Phi) is 5.81. The van der Waals surface area contributed by atoms with Crippen LogP contribution in [0.5, 0.6) is 23.0 Å². The molecule has 2 heterocycles. The summed E-state index contributed by atoms with van der Waals surface area (Å²) in [6.45, 7) is 4.12. The molecule has 0 radical (unpaired) electrons. The van der Waals surface area contributed by atoms with Crippen LogP contribution in [-0.2, 0) is 0 Å². The molecular formula is C30H23N3O4S. The van der Waals surface area contributed by atoms with Crippen molar-refractivity contribution in [3.8, 4) is 23.0 Å². The van der Waals surface area contributed by atoms with Crippen molar-refractivity contribution >= 4 is 54.3 Å². The third-order valence-electron chi connectivity index (χ3n) is 6.55. The fourth-order valence-electron chi connectivity index (χ4n) is 4.44. The van der Waals surface area contributed by atoms with Crippen LogP contribution in [0.3, 0.4) is 0 Å². The number of fused-ring (bicyclic) bond motifs is 3. The van der Waals surface area contributed by atoms with Gasteiger partial charge in [0.05, 0.1) is 22.8 Å². The number of ether oxygens (including phenoxy) is 2. The van der Waals surface area contributed by atoms with Gasteiger partial charge in [-0.05, 0) is 84.3 Å². The van der Waals surface area contributed by atoms with Gasteiger partial charge in [0.1, 0.15) is 11.5 Å². The van der Waals surface area contributed by atoms with Gasteiger partial charge in [-0.15, -0.1) is 0 Å². The van der Waals surface area contributed by atoms with Crippen molar-refractivity contribution in [1.82, 2.24) is 9.97 Å². The number of rotatable bonds is 5. The molecule has 2 aromatic heterocycles. The van der Waals surface area contributed by atoms with E-state index in [0.29, 0.717) is 38.8 Å². The highest BCUT2D eigenvalue weighted by molar-refractivity contribution is 7.22. The fourth-order valence-corrected chi connectivity index (χ4v) is 5.38. The second kappa shape index (κ2) is 9.32. The molecular weight excluding hydrogens is 498 g/mol. The average molecular weight is 522 g/mol. The van der Waals surface area contributed by atoms with Crippen molar-refractivity contribution < 1.29 is 19.4 Å². The number of hydrogen-bond donors (Lipinski definition) is 2. The van der Waals surface area contributed by atoms with Gasteiger partial charge in [-0.3, -0.25) is 15.1 Å². The predicted octanol–water partition coefficient (Wildman–Crippen LogP) is 7.37.